The van der Waals surface area contributed by atoms with Crippen molar-refractivity contribution in [1.29, 1.82) is 0 Å². The first kappa shape index (κ1) is 14.9. The average Bonchev–Trinajstić information content (AvgIpc) is 2.81. The van der Waals surface area contributed by atoms with Crippen molar-refractivity contribution in [2.24, 2.45) is 5.92 Å². The van der Waals surface area contributed by atoms with Gasteiger partial charge in [-0.05, 0) is 48.4 Å². The highest BCUT2D eigenvalue weighted by atomic mass is 16.5. The summed E-state index contributed by atoms with van der Waals surface area (Å²) in [5.74, 6) is 2.63. The number of benzene rings is 1. The normalized spacial score (nSPS) is 25.5. The Balaban J connectivity index is 1.78. The quantitative estimate of drug-likeness (QED) is 0.834. The summed E-state index contributed by atoms with van der Waals surface area (Å²) in [6.07, 6.45) is 8.00. The van der Waals surface area contributed by atoms with E-state index in [2.05, 4.69) is 37.4 Å². The van der Waals surface area contributed by atoms with Crippen LogP contribution in [0.1, 0.15) is 63.0 Å². The van der Waals surface area contributed by atoms with Crippen LogP contribution in [-0.2, 0) is 6.42 Å². The van der Waals surface area contributed by atoms with E-state index in [9.17, 15) is 0 Å². The largest absolute Gasteiger partial charge is 0.493 e. The van der Waals surface area contributed by atoms with Crippen LogP contribution in [0, 0.1) is 5.92 Å². The van der Waals surface area contributed by atoms with Gasteiger partial charge in [0.1, 0.15) is 5.75 Å². The number of hydrogen-bond acceptors (Lipinski definition) is 2. The molecule has 1 aliphatic carbocycles. The predicted molar refractivity (Wildman–Crippen MR) is 88.1 cm³/mol. The lowest BCUT2D eigenvalue weighted by Crippen LogP contribution is -2.31. The summed E-state index contributed by atoms with van der Waals surface area (Å²) in [4.78, 5) is 0. The van der Waals surface area contributed by atoms with Crippen molar-refractivity contribution < 1.29 is 4.74 Å². The second-order valence-corrected chi connectivity index (χ2v) is 7.03. The summed E-state index contributed by atoms with van der Waals surface area (Å²) in [5, 5.41) is 3.67. The third kappa shape index (κ3) is 3.60. The molecule has 0 spiro atoms. The minimum atomic E-state index is 0.585. The molecule has 2 atom stereocenters. The Morgan fingerprint density at radius 1 is 1.19 bits per heavy atom. The van der Waals surface area contributed by atoms with Gasteiger partial charge in [0.15, 0.2) is 0 Å². The van der Waals surface area contributed by atoms with Crippen LogP contribution in [0.25, 0.3) is 0 Å². The van der Waals surface area contributed by atoms with E-state index in [1.165, 1.54) is 37.7 Å². The molecule has 1 N–H and O–H groups in total. The standard InChI is InChI=1S/C19H29NO/c1-14(2)20-13-17-6-4-3-5-7-18(17)15-8-9-19-16(12-15)10-11-21-19/h8-9,12,14,17-18,20H,3-7,10-11,13H2,1-2H3. The van der Waals surface area contributed by atoms with Gasteiger partial charge in [-0.25, -0.2) is 0 Å². The average molecular weight is 287 g/mol. The Morgan fingerprint density at radius 3 is 2.90 bits per heavy atom. The minimum Gasteiger partial charge on any atom is -0.493 e. The van der Waals surface area contributed by atoms with Crippen molar-refractivity contribution in [2.75, 3.05) is 13.2 Å². The van der Waals surface area contributed by atoms with Crippen LogP contribution in [-0.4, -0.2) is 19.2 Å². The fourth-order valence-electron chi connectivity index (χ4n) is 3.89. The fraction of sp³-hybridized carbons (Fsp3) is 0.684. The molecule has 0 aromatic heterocycles. The maximum absolute atomic E-state index is 5.66. The molecule has 116 valence electrons. The highest BCUT2D eigenvalue weighted by Gasteiger charge is 2.26. The molecule has 1 aromatic carbocycles. The predicted octanol–water partition coefficient (Wildman–Crippen LogP) is 4.28. The van der Waals surface area contributed by atoms with Gasteiger partial charge in [-0.15, -0.1) is 0 Å². The zero-order valence-corrected chi connectivity index (χ0v) is 13.5. The SMILES string of the molecule is CC(C)NCC1CCCCCC1c1ccc2c(c1)CCO2. The summed E-state index contributed by atoms with van der Waals surface area (Å²) in [6.45, 7) is 6.52. The van der Waals surface area contributed by atoms with Crippen LogP contribution in [0.5, 0.6) is 5.75 Å². The van der Waals surface area contributed by atoms with Crippen molar-refractivity contribution in [3.05, 3.63) is 29.3 Å². The first-order valence-corrected chi connectivity index (χ1v) is 8.73. The Kier molecular flexibility index (Phi) is 4.84. The Hall–Kier alpha value is -1.02. The highest BCUT2D eigenvalue weighted by Crippen LogP contribution is 2.38. The van der Waals surface area contributed by atoms with Gasteiger partial charge in [0, 0.05) is 12.5 Å². The molecule has 2 heteroatoms. The van der Waals surface area contributed by atoms with Crippen molar-refractivity contribution in [2.45, 2.75) is 64.3 Å². The van der Waals surface area contributed by atoms with Crippen LogP contribution in [0.2, 0.25) is 0 Å². The van der Waals surface area contributed by atoms with E-state index in [1.807, 2.05) is 0 Å². The van der Waals surface area contributed by atoms with Gasteiger partial charge in [0.25, 0.3) is 0 Å². The van der Waals surface area contributed by atoms with Crippen LogP contribution in [0.15, 0.2) is 18.2 Å². The Labute approximate surface area is 129 Å². The number of nitrogens with one attached hydrogen (secondary N) is 1. The molecule has 2 unspecified atom stereocenters. The van der Waals surface area contributed by atoms with Crippen molar-refractivity contribution in [1.82, 2.24) is 5.32 Å². The van der Waals surface area contributed by atoms with Gasteiger partial charge < -0.3 is 10.1 Å². The summed E-state index contributed by atoms with van der Waals surface area (Å²) < 4.78 is 5.66. The molecule has 0 saturated heterocycles. The van der Waals surface area contributed by atoms with Crippen LogP contribution in [0.3, 0.4) is 0 Å². The lowest BCUT2D eigenvalue weighted by molar-refractivity contribution is 0.355. The molecule has 3 rings (SSSR count). The van der Waals surface area contributed by atoms with E-state index in [1.54, 1.807) is 5.56 Å². The monoisotopic (exact) mass is 287 g/mol. The van der Waals surface area contributed by atoms with E-state index >= 15 is 0 Å². The van der Waals surface area contributed by atoms with Crippen molar-refractivity contribution >= 4 is 0 Å². The molecule has 21 heavy (non-hydrogen) atoms. The number of rotatable bonds is 4. The van der Waals surface area contributed by atoms with Gasteiger partial charge in [-0.3, -0.25) is 0 Å². The van der Waals surface area contributed by atoms with Gasteiger partial charge in [0.2, 0.25) is 0 Å². The smallest absolute Gasteiger partial charge is 0.122 e. The number of hydrogen-bond donors (Lipinski definition) is 1. The Bertz CT molecular complexity index is 469. The maximum atomic E-state index is 5.66. The van der Waals surface area contributed by atoms with E-state index in [0.717, 1.165) is 37.2 Å². The zero-order chi connectivity index (χ0) is 14.7. The van der Waals surface area contributed by atoms with E-state index < -0.39 is 0 Å². The molecule has 1 aromatic rings. The molecular formula is C19H29NO. The second-order valence-electron chi connectivity index (χ2n) is 7.03. The van der Waals surface area contributed by atoms with Crippen LogP contribution >= 0.6 is 0 Å². The van der Waals surface area contributed by atoms with Gasteiger partial charge >= 0.3 is 0 Å². The zero-order valence-electron chi connectivity index (χ0n) is 13.5. The van der Waals surface area contributed by atoms with Gasteiger partial charge in [0.05, 0.1) is 6.61 Å². The molecule has 2 aliphatic rings. The van der Waals surface area contributed by atoms with Crippen LogP contribution in [0.4, 0.5) is 0 Å². The highest BCUT2D eigenvalue weighted by molar-refractivity contribution is 5.41. The molecule has 2 nitrogen and oxygen atoms in total. The topological polar surface area (TPSA) is 21.3 Å². The first-order valence-electron chi connectivity index (χ1n) is 8.73. The third-order valence-electron chi connectivity index (χ3n) is 5.09. The molecular weight excluding hydrogens is 258 g/mol. The molecule has 0 bridgehead atoms. The third-order valence-corrected chi connectivity index (χ3v) is 5.09. The van der Waals surface area contributed by atoms with Crippen molar-refractivity contribution in [3.63, 3.8) is 0 Å². The minimum absolute atomic E-state index is 0.585. The summed E-state index contributed by atoms with van der Waals surface area (Å²) >= 11 is 0. The summed E-state index contributed by atoms with van der Waals surface area (Å²) in [6, 6.07) is 7.54. The lowest BCUT2D eigenvalue weighted by Gasteiger charge is -2.27. The summed E-state index contributed by atoms with van der Waals surface area (Å²) in [5.41, 5.74) is 2.98. The van der Waals surface area contributed by atoms with Crippen molar-refractivity contribution in [3.8, 4) is 5.75 Å². The number of ether oxygens (including phenoxy) is 1. The van der Waals surface area contributed by atoms with E-state index in [4.69, 9.17) is 4.74 Å². The Morgan fingerprint density at radius 2 is 2.05 bits per heavy atom. The molecule has 1 aliphatic heterocycles. The maximum Gasteiger partial charge on any atom is 0.122 e. The van der Waals surface area contributed by atoms with Gasteiger partial charge in [-0.1, -0.05) is 45.2 Å². The van der Waals surface area contributed by atoms with Gasteiger partial charge in [-0.2, -0.15) is 0 Å². The van der Waals surface area contributed by atoms with E-state index in [-0.39, 0.29) is 0 Å². The molecule has 1 fully saturated rings. The second kappa shape index (κ2) is 6.83. The van der Waals surface area contributed by atoms with Crippen LogP contribution < -0.4 is 10.1 Å². The molecule has 0 amide bonds. The fourth-order valence-corrected chi connectivity index (χ4v) is 3.89. The van der Waals surface area contributed by atoms with E-state index in [0.29, 0.717) is 6.04 Å². The molecule has 0 radical (unpaired) electrons. The summed E-state index contributed by atoms with van der Waals surface area (Å²) in [7, 11) is 0. The molecule has 1 heterocycles. The lowest BCUT2D eigenvalue weighted by atomic mass is 9.81. The molecule has 1 saturated carbocycles. The number of fused-ring (bicyclic) bond motifs is 1. The first-order chi connectivity index (χ1) is 10.2.